The number of fused-ring (bicyclic) bond motifs is 1. The van der Waals surface area contributed by atoms with E-state index in [0.717, 1.165) is 33.7 Å². The SMILES string of the molecule is Cc1nn(C(C)C)c(C)c1Nc1nc(C2=CC=C2)nc2cn[nH]c12. The van der Waals surface area contributed by atoms with Gasteiger partial charge in [-0.2, -0.15) is 10.2 Å². The molecule has 0 saturated heterocycles. The zero-order chi connectivity index (χ0) is 16.8. The molecular formula is C17H19N7. The van der Waals surface area contributed by atoms with E-state index < -0.39 is 0 Å². The lowest BCUT2D eigenvalue weighted by atomic mass is 10.1. The minimum Gasteiger partial charge on any atom is -0.335 e. The normalized spacial score (nSPS) is 13.5. The molecule has 24 heavy (non-hydrogen) atoms. The third kappa shape index (κ3) is 2.20. The number of aryl methyl sites for hydroxylation is 1. The standard InChI is InChI=1S/C17H19N7/c1-9(2)24-11(4)14(10(3)23-24)20-17-15-13(8-18-22-15)19-16(21-17)12-6-5-7-12/h5-9H,1-4H3,(H,18,22)(H,19,20,21). The predicted molar refractivity (Wildman–Crippen MR) is 94.2 cm³/mol. The van der Waals surface area contributed by atoms with Crippen LogP contribution in [-0.2, 0) is 0 Å². The van der Waals surface area contributed by atoms with E-state index in [1.165, 1.54) is 0 Å². The van der Waals surface area contributed by atoms with Crippen molar-refractivity contribution >= 4 is 28.1 Å². The minimum absolute atomic E-state index is 0.303. The van der Waals surface area contributed by atoms with Crippen molar-refractivity contribution in [2.24, 2.45) is 0 Å². The van der Waals surface area contributed by atoms with E-state index in [1.807, 2.05) is 29.8 Å². The highest BCUT2D eigenvalue weighted by Gasteiger charge is 2.18. The van der Waals surface area contributed by atoms with Crippen LogP contribution in [0.25, 0.3) is 16.6 Å². The lowest BCUT2D eigenvalue weighted by molar-refractivity contribution is 0.516. The Kier molecular flexibility index (Phi) is 3.23. The van der Waals surface area contributed by atoms with E-state index in [9.17, 15) is 0 Å². The first-order valence-electron chi connectivity index (χ1n) is 7.97. The second-order valence-corrected chi connectivity index (χ2v) is 6.22. The summed E-state index contributed by atoms with van der Waals surface area (Å²) >= 11 is 0. The van der Waals surface area contributed by atoms with Crippen LogP contribution in [0, 0.1) is 13.8 Å². The fourth-order valence-corrected chi connectivity index (χ4v) is 2.87. The summed E-state index contributed by atoms with van der Waals surface area (Å²) in [6.07, 6.45) is 7.69. The average molecular weight is 321 g/mol. The Morgan fingerprint density at radius 3 is 2.62 bits per heavy atom. The van der Waals surface area contributed by atoms with Crippen LogP contribution in [0.5, 0.6) is 0 Å². The van der Waals surface area contributed by atoms with Crippen LogP contribution in [-0.4, -0.2) is 29.9 Å². The lowest BCUT2D eigenvalue weighted by Gasteiger charge is -2.12. The number of nitrogens with zero attached hydrogens (tertiary/aromatic N) is 5. The fourth-order valence-electron chi connectivity index (χ4n) is 2.87. The topological polar surface area (TPSA) is 84.3 Å². The second kappa shape index (κ2) is 5.30. The number of aromatic amines is 1. The molecule has 3 aromatic rings. The molecule has 2 N–H and O–H groups in total. The lowest BCUT2D eigenvalue weighted by Crippen LogP contribution is -2.06. The summed E-state index contributed by atoms with van der Waals surface area (Å²) in [5, 5.41) is 15.1. The van der Waals surface area contributed by atoms with Crippen LogP contribution in [0.3, 0.4) is 0 Å². The second-order valence-electron chi connectivity index (χ2n) is 6.22. The molecule has 4 rings (SSSR count). The molecule has 1 aliphatic carbocycles. The number of allylic oxidation sites excluding steroid dienone is 4. The quantitative estimate of drug-likeness (QED) is 0.769. The number of nitrogens with one attached hydrogen (secondary N) is 2. The highest BCUT2D eigenvalue weighted by molar-refractivity contribution is 5.90. The monoisotopic (exact) mass is 321 g/mol. The summed E-state index contributed by atoms with van der Waals surface area (Å²) in [6, 6.07) is 0.303. The van der Waals surface area contributed by atoms with E-state index in [2.05, 4.69) is 51.4 Å². The van der Waals surface area contributed by atoms with Gasteiger partial charge in [0.05, 0.1) is 23.3 Å². The van der Waals surface area contributed by atoms with Crippen molar-refractivity contribution in [1.29, 1.82) is 0 Å². The summed E-state index contributed by atoms with van der Waals surface area (Å²) in [5.74, 6) is 1.41. The van der Waals surface area contributed by atoms with Gasteiger partial charge in [0.25, 0.3) is 0 Å². The van der Waals surface area contributed by atoms with Gasteiger partial charge in [-0.1, -0.05) is 18.2 Å². The van der Waals surface area contributed by atoms with E-state index in [-0.39, 0.29) is 0 Å². The molecule has 0 aromatic carbocycles. The van der Waals surface area contributed by atoms with E-state index in [4.69, 9.17) is 0 Å². The van der Waals surface area contributed by atoms with Gasteiger partial charge in [0.1, 0.15) is 11.0 Å². The van der Waals surface area contributed by atoms with Gasteiger partial charge in [0, 0.05) is 11.6 Å². The molecular weight excluding hydrogens is 302 g/mol. The van der Waals surface area contributed by atoms with Gasteiger partial charge in [-0.05, 0) is 27.7 Å². The Balaban J connectivity index is 1.81. The maximum absolute atomic E-state index is 4.68. The summed E-state index contributed by atoms with van der Waals surface area (Å²) in [5.41, 5.74) is 5.60. The third-order valence-electron chi connectivity index (χ3n) is 4.17. The van der Waals surface area contributed by atoms with Gasteiger partial charge in [0.15, 0.2) is 11.6 Å². The predicted octanol–water partition coefficient (Wildman–Crippen LogP) is 3.44. The highest BCUT2D eigenvalue weighted by Crippen LogP contribution is 2.30. The molecule has 0 radical (unpaired) electrons. The smallest absolute Gasteiger partial charge is 0.162 e. The Morgan fingerprint density at radius 2 is 2.00 bits per heavy atom. The molecule has 0 saturated carbocycles. The largest absolute Gasteiger partial charge is 0.335 e. The molecule has 0 spiro atoms. The van der Waals surface area contributed by atoms with E-state index >= 15 is 0 Å². The molecule has 7 heteroatoms. The molecule has 0 atom stereocenters. The number of hydrogen-bond acceptors (Lipinski definition) is 5. The molecule has 122 valence electrons. The van der Waals surface area contributed by atoms with Crippen LogP contribution in [0.4, 0.5) is 11.5 Å². The highest BCUT2D eigenvalue weighted by atomic mass is 15.3. The number of H-pyrrole nitrogens is 1. The van der Waals surface area contributed by atoms with E-state index in [0.29, 0.717) is 17.7 Å². The molecule has 1 aliphatic rings. The molecule has 0 amide bonds. The Labute approximate surface area is 139 Å². The first kappa shape index (κ1) is 14.6. The Hall–Kier alpha value is -2.96. The van der Waals surface area contributed by atoms with Crippen LogP contribution >= 0.6 is 0 Å². The number of aromatic nitrogens is 6. The average Bonchev–Trinajstić information content (AvgIpc) is 3.05. The van der Waals surface area contributed by atoms with Crippen molar-refractivity contribution in [3.8, 4) is 0 Å². The van der Waals surface area contributed by atoms with Gasteiger partial charge < -0.3 is 5.32 Å². The molecule has 3 aromatic heterocycles. The maximum Gasteiger partial charge on any atom is 0.162 e. The van der Waals surface area contributed by atoms with Crippen LogP contribution in [0.15, 0.2) is 24.4 Å². The summed E-state index contributed by atoms with van der Waals surface area (Å²) in [6.45, 7) is 8.30. The van der Waals surface area contributed by atoms with Crippen molar-refractivity contribution in [3.05, 3.63) is 41.6 Å². The zero-order valence-electron chi connectivity index (χ0n) is 14.1. The summed E-state index contributed by atoms with van der Waals surface area (Å²) < 4.78 is 2.01. The third-order valence-corrected chi connectivity index (χ3v) is 4.17. The van der Waals surface area contributed by atoms with Crippen LogP contribution in [0.1, 0.15) is 37.1 Å². The Morgan fingerprint density at radius 1 is 1.21 bits per heavy atom. The van der Waals surface area contributed by atoms with Crippen molar-refractivity contribution < 1.29 is 0 Å². The number of anilines is 2. The van der Waals surface area contributed by atoms with Gasteiger partial charge in [0.2, 0.25) is 0 Å². The van der Waals surface area contributed by atoms with Crippen molar-refractivity contribution in [3.63, 3.8) is 0 Å². The van der Waals surface area contributed by atoms with Crippen molar-refractivity contribution in [2.75, 3.05) is 5.32 Å². The van der Waals surface area contributed by atoms with E-state index in [1.54, 1.807) is 6.20 Å². The first-order valence-corrected chi connectivity index (χ1v) is 7.97. The zero-order valence-corrected chi connectivity index (χ0v) is 14.1. The van der Waals surface area contributed by atoms with Gasteiger partial charge >= 0.3 is 0 Å². The molecule has 0 bridgehead atoms. The van der Waals surface area contributed by atoms with Gasteiger partial charge in [-0.15, -0.1) is 0 Å². The first-order chi connectivity index (χ1) is 11.5. The maximum atomic E-state index is 4.68. The molecule has 3 heterocycles. The minimum atomic E-state index is 0.303. The summed E-state index contributed by atoms with van der Waals surface area (Å²) in [4.78, 5) is 9.23. The molecule has 0 unspecified atom stereocenters. The van der Waals surface area contributed by atoms with Crippen LogP contribution in [0.2, 0.25) is 0 Å². The van der Waals surface area contributed by atoms with Crippen molar-refractivity contribution in [1.82, 2.24) is 29.9 Å². The Bertz CT molecular complexity index is 988. The van der Waals surface area contributed by atoms with Gasteiger partial charge in [-0.25, -0.2) is 9.97 Å². The fraction of sp³-hybridized carbons (Fsp3) is 0.294. The number of hydrogen-bond donors (Lipinski definition) is 2. The molecule has 7 nitrogen and oxygen atoms in total. The molecule has 0 fully saturated rings. The molecule has 0 aliphatic heterocycles. The van der Waals surface area contributed by atoms with Gasteiger partial charge in [-0.3, -0.25) is 9.78 Å². The summed E-state index contributed by atoms with van der Waals surface area (Å²) in [7, 11) is 0. The number of rotatable bonds is 4. The van der Waals surface area contributed by atoms with Crippen molar-refractivity contribution in [2.45, 2.75) is 33.7 Å². The van der Waals surface area contributed by atoms with Crippen LogP contribution < -0.4 is 5.32 Å².